The molecule has 0 spiro atoms. The van der Waals surface area contributed by atoms with Crippen molar-refractivity contribution in [1.82, 2.24) is 10.4 Å². The van der Waals surface area contributed by atoms with Crippen LogP contribution in [0.4, 0.5) is 5.69 Å². The summed E-state index contributed by atoms with van der Waals surface area (Å²) in [6.45, 7) is 8.84. The molecule has 1 saturated heterocycles. The van der Waals surface area contributed by atoms with Gasteiger partial charge in [0.2, 0.25) is 0 Å². The van der Waals surface area contributed by atoms with E-state index in [1.165, 1.54) is 0 Å². The van der Waals surface area contributed by atoms with Gasteiger partial charge < -0.3 is 4.90 Å². The van der Waals surface area contributed by atoms with E-state index in [4.69, 9.17) is 12.2 Å². The minimum absolute atomic E-state index is 0.0328. The van der Waals surface area contributed by atoms with Gasteiger partial charge in [0.15, 0.2) is 4.32 Å². The lowest BCUT2D eigenvalue weighted by atomic mass is 9.87. The predicted octanol–water partition coefficient (Wildman–Crippen LogP) is 4.66. The van der Waals surface area contributed by atoms with Gasteiger partial charge in [-0.3, -0.25) is 19.8 Å². The molecule has 0 aliphatic carbocycles. The fraction of sp³-hybridized carbons (Fsp3) is 0.280. The van der Waals surface area contributed by atoms with Crippen LogP contribution in [0.15, 0.2) is 53.4 Å². The Morgan fingerprint density at radius 1 is 1.03 bits per heavy atom. The van der Waals surface area contributed by atoms with E-state index in [1.54, 1.807) is 17.0 Å². The first kappa shape index (κ1) is 23.2. The van der Waals surface area contributed by atoms with Crippen molar-refractivity contribution in [3.05, 3.63) is 70.1 Å². The number of benzene rings is 2. The van der Waals surface area contributed by atoms with E-state index in [-0.39, 0.29) is 20.5 Å². The van der Waals surface area contributed by atoms with Crippen molar-refractivity contribution in [3.63, 3.8) is 0 Å². The van der Waals surface area contributed by atoms with E-state index in [0.29, 0.717) is 23.2 Å². The summed E-state index contributed by atoms with van der Waals surface area (Å²) in [5.74, 6) is -1.16. The molecule has 6 nitrogen and oxygen atoms in total. The van der Waals surface area contributed by atoms with Crippen LogP contribution < -0.4 is 10.3 Å². The van der Waals surface area contributed by atoms with Crippen LogP contribution >= 0.6 is 24.0 Å². The quantitative estimate of drug-likeness (QED) is 0.510. The minimum atomic E-state index is -0.499. The van der Waals surface area contributed by atoms with E-state index < -0.39 is 11.8 Å². The van der Waals surface area contributed by atoms with Crippen LogP contribution in [0.3, 0.4) is 0 Å². The largest absolute Gasteiger partial charge is 0.308 e. The normalized spacial score (nSPS) is 18.2. The summed E-state index contributed by atoms with van der Waals surface area (Å²) in [5, 5.41) is 1.06. The summed E-state index contributed by atoms with van der Waals surface area (Å²) in [6.07, 6.45) is 0.790. The third-order valence-corrected chi connectivity index (χ3v) is 6.97. The molecular weight excluding hydrogens is 454 g/mol. The van der Waals surface area contributed by atoms with Gasteiger partial charge in [0.25, 0.3) is 17.7 Å². The summed E-state index contributed by atoms with van der Waals surface area (Å²) in [6, 6.07) is 14.7. The van der Waals surface area contributed by atoms with E-state index in [0.717, 1.165) is 34.4 Å². The number of hydrogen-bond acceptors (Lipinski definition) is 5. The average molecular weight is 480 g/mol. The van der Waals surface area contributed by atoms with Crippen molar-refractivity contribution >= 4 is 57.3 Å². The topological polar surface area (TPSA) is 69.7 Å². The summed E-state index contributed by atoms with van der Waals surface area (Å²) in [4.78, 5) is 41.2. The molecule has 1 N–H and O–H groups in total. The number of thioether (sulfide) groups is 1. The number of amides is 3. The summed E-state index contributed by atoms with van der Waals surface area (Å²) in [7, 11) is 0. The fourth-order valence-electron chi connectivity index (χ4n) is 3.85. The van der Waals surface area contributed by atoms with Gasteiger partial charge in [-0.25, -0.2) is 0 Å². The van der Waals surface area contributed by atoms with Crippen LogP contribution in [0, 0.1) is 0 Å². The number of carbonyl (C=O) groups is 3. The maximum atomic E-state index is 13.2. The first-order valence-corrected chi connectivity index (χ1v) is 12.0. The van der Waals surface area contributed by atoms with Gasteiger partial charge in [0.1, 0.15) is 0 Å². The van der Waals surface area contributed by atoms with Crippen molar-refractivity contribution in [2.45, 2.75) is 39.5 Å². The first-order valence-electron chi connectivity index (χ1n) is 10.8. The molecule has 0 unspecified atom stereocenters. The van der Waals surface area contributed by atoms with Crippen molar-refractivity contribution in [1.29, 1.82) is 0 Å². The monoisotopic (exact) mass is 479 g/mol. The lowest BCUT2D eigenvalue weighted by molar-refractivity contribution is -0.124. The summed E-state index contributed by atoms with van der Waals surface area (Å²) >= 11 is 6.41. The van der Waals surface area contributed by atoms with E-state index >= 15 is 0 Å². The van der Waals surface area contributed by atoms with Crippen LogP contribution in [-0.2, 0) is 15.0 Å². The average Bonchev–Trinajstić information content (AvgIpc) is 3.21. The number of fused-ring (bicyclic) bond motifs is 1. The van der Waals surface area contributed by atoms with Gasteiger partial charge >= 0.3 is 0 Å². The number of anilines is 1. The smallest absolute Gasteiger partial charge is 0.286 e. The van der Waals surface area contributed by atoms with Gasteiger partial charge in [0.05, 0.1) is 16.2 Å². The molecule has 0 atom stereocenters. The molecule has 3 amide bonds. The molecule has 0 bridgehead atoms. The van der Waals surface area contributed by atoms with Crippen molar-refractivity contribution in [3.8, 4) is 0 Å². The molecule has 8 heteroatoms. The number of hydrazine groups is 1. The highest BCUT2D eigenvalue weighted by atomic mass is 32.2. The molecule has 1 fully saturated rings. The molecule has 0 aromatic heterocycles. The van der Waals surface area contributed by atoms with Crippen LogP contribution in [0.25, 0.3) is 5.57 Å². The SMILES string of the molecule is CCCN1C(=O)C(=C2SC(=S)N(NC(=O)c3ccc(C(C)(C)C)cc3)C2=O)c2ccccc21. The predicted molar refractivity (Wildman–Crippen MR) is 136 cm³/mol. The van der Waals surface area contributed by atoms with Crippen LogP contribution in [0.5, 0.6) is 0 Å². The van der Waals surface area contributed by atoms with Crippen LogP contribution in [-0.4, -0.2) is 33.6 Å². The van der Waals surface area contributed by atoms with Crippen LogP contribution in [0.2, 0.25) is 0 Å². The maximum Gasteiger partial charge on any atom is 0.286 e. The first-order chi connectivity index (χ1) is 15.6. The molecule has 4 rings (SSSR count). The number of hydrogen-bond donors (Lipinski definition) is 1. The molecule has 2 aromatic carbocycles. The molecular formula is C25H25N3O3S2. The molecule has 2 aliphatic rings. The Hall–Kier alpha value is -2.97. The second-order valence-electron chi connectivity index (χ2n) is 8.95. The van der Waals surface area contributed by atoms with Crippen molar-refractivity contribution < 1.29 is 14.4 Å². The van der Waals surface area contributed by atoms with E-state index in [9.17, 15) is 14.4 Å². The van der Waals surface area contributed by atoms with Gasteiger partial charge in [-0.05, 0) is 47.8 Å². The minimum Gasteiger partial charge on any atom is -0.308 e. The Morgan fingerprint density at radius 3 is 2.33 bits per heavy atom. The highest BCUT2D eigenvalue weighted by Crippen LogP contribution is 2.44. The maximum absolute atomic E-state index is 13.2. The molecule has 2 aliphatic heterocycles. The zero-order chi connectivity index (χ0) is 23.9. The zero-order valence-corrected chi connectivity index (χ0v) is 20.6. The highest BCUT2D eigenvalue weighted by molar-refractivity contribution is 8.26. The molecule has 0 saturated carbocycles. The van der Waals surface area contributed by atoms with Crippen molar-refractivity contribution in [2.24, 2.45) is 0 Å². The Morgan fingerprint density at radius 2 is 1.70 bits per heavy atom. The van der Waals surface area contributed by atoms with Gasteiger partial charge in [0, 0.05) is 17.7 Å². The lowest BCUT2D eigenvalue weighted by Crippen LogP contribution is -2.45. The zero-order valence-electron chi connectivity index (χ0n) is 19.0. The highest BCUT2D eigenvalue weighted by Gasteiger charge is 2.42. The Labute approximate surface area is 203 Å². The van der Waals surface area contributed by atoms with Gasteiger partial charge in [-0.1, -0.05) is 69.8 Å². The second-order valence-corrected chi connectivity index (χ2v) is 10.6. The fourth-order valence-corrected chi connectivity index (χ4v) is 5.10. The Bertz CT molecular complexity index is 1200. The molecule has 170 valence electrons. The summed E-state index contributed by atoms with van der Waals surface area (Å²) < 4.78 is 0.182. The van der Waals surface area contributed by atoms with Gasteiger partial charge in [-0.15, -0.1) is 0 Å². The van der Waals surface area contributed by atoms with Gasteiger partial charge in [-0.2, -0.15) is 5.01 Å². The lowest BCUT2D eigenvalue weighted by Gasteiger charge is -2.20. The standard InChI is InChI=1S/C25H25N3O3S2/c1-5-14-27-18-9-7-6-8-17(18)19(22(27)30)20-23(31)28(24(32)33-20)26-21(29)15-10-12-16(13-11-15)25(2,3)4/h6-13H,5,14H2,1-4H3,(H,26,29). The third-order valence-electron chi connectivity index (χ3n) is 5.59. The molecule has 2 aromatic rings. The molecule has 0 radical (unpaired) electrons. The summed E-state index contributed by atoms with van der Waals surface area (Å²) in [5.41, 5.74) is 5.92. The number of thiocarbonyl (C=S) groups is 1. The van der Waals surface area contributed by atoms with E-state index in [1.807, 2.05) is 43.3 Å². The number of carbonyl (C=O) groups excluding carboxylic acids is 3. The second kappa shape index (κ2) is 8.76. The molecule has 2 heterocycles. The third kappa shape index (κ3) is 4.20. The molecule has 33 heavy (non-hydrogen) atoms. The van der Waals surface area contributed by atoms with Crippen LogP contribution in [0.1, 0.15) is 55.6 Å². The number of nitrogens with zero attached hydrogens (tertiary/aromatic N) is 2. The van der Waals surface area contributed by atoms with E-state index in [2.05, 4.69) is 26.2 Å². The Kier molecular flexibility index (Phi) is 6.16. The van der Waals surface area contributed by atoms with Crippen molar-refractivity contribution in [2.75, 3.05) is 11.4 Å². The Balaban J connectivity index is 1.61. The number of para-hydroxylation sites is 1. The number of rotatable bonds is 4. The number of nitrogens with one attached hydrogen (secondary N) is 1.